The lowest BCUT2D eigenvalue weighted by Crippen LogP contribution is -2.22. The Kier molecular flexibility index (Phi) is 3.68. The fourth-order valence-electron chi connectivity index (χ4n) is 2.51. The molecule has 0 aromatic carbocycles. The van der Waals surface area contributed by atoms with Crippen molar-refractivity contribution in [3.8, 4) is 0 Å². The van der Waals surface area contributed by atoms with Gasteiger partial charge in [0.15, 0.2) is 5.78 Å². The van der Waals surface area contributed by atoms with Crippen molar-refractivity contribution in [1.29, 1.82) is 0 Å². The van der Waals surface area contributed by atoms with E-state index in [0.29, 0.717) is 11.7 Å². The standard InChI is InChI=1S/C12H18OS/c13-12-6-7-14-9-11(12)8-10-4-2-1-3-5-10/h6-7,10-11H,1-5,8-9H2. The molecule has 2 rings (SSSR count). The van der Waals surface area contributed by atoms with Crippen LogP contribution in [0.1, 0.15) is 38.5 Å². The molecule has 1 aliphatic carbocycles. The van der Waals surface area contributed by atoms with E-state index < -0.39 is 0 Å². The highest BCUT2D eigenvalue weighted by atomic mass is 32.2. The molecule has 0 amide bonds. The van der Waals surface area contributed by atoms with Gasteiger partial charge in [0.1, 0.15) is 0 Å². The molecule has 0 aromatic heterocycles. The minimum absolute atomic E-state index is 0.327. The van der Waals surface area contributed by atoms with Gasteiger partial charge in [0.2, 0.25) is 0 Å². The summed E-state index contributed by atoms with van der Waals surface area (Å²) < 4.78 is 0. The molecule has 1 saturated carbocycles. The van der Waals surface area contributed by atoms with Crippen LogP contribution >= 0.6 is 11.8 Å². The molecular weight excluding hydrogens is 192 g/mol. The number of carbonyl (C=O) groups excluding carboxylic acids is 1. The van der Waals surface area contributed by atoms with Crippen LogP contribution in [0.5, 0.6) is 0 Å². The largest absolute Gasteiger partial charge is 0.294 e. The second-order valence-electron chi connectivity index (χ2n) is 4.48. The number of rotatable bonds is 2. The topological polar surface area (TPSA) is 17.1 Å². The average Bonchev–Trinajstić information content (AvgIpc) is 2.23. The Bertz CT molecular complexity index is 228. The molecule has 0 N–H and O–H groups in total. The van der Waals surface area contributed by atoms with Crippen molar-refractivity contribution in [2.75, 3.05) is 5.75 Å². The first kappa shape index (κ1) is 10.3. The molecule has 0 spiro atoms. The average molecular weight is 210 g/mol. The number of thioether (sulfide) groups is 1. The lowest BCUT2D eigenvalue weighted by molar-refractivity contribution is -0.118. The summed E-state index contributed by atoms with van der Waals surface area (Å²) in [6.07, 6.45) is 9.81. The lowest BCUT2D eigenvalue weighted by Gasteiger charge is -2.26. The van der Waals surface area contributed by atoms with E-state index in [0.717, 1.165) is 18.1 Å². The van der Waals surface area contributed by atoms with Gasteiger partial charge in [-0.25, -0.2) is 0 Å². The Balaban J connectivity index is 1.83. The molecule has 0 bridgehead atoms. The van der Waals surface area contributed by atoms with Crippen LogP contribution in [0.2, 0.25) is 0 Å². The van der Waals surface area contributed by atoms with E-state index in [9.17, 15) is 4.79 Å². The normalized spacial score (nSPS) is 29.4. The van der Waals surface area contributed by atoms with Gasteiger partial charge < -0.3 is 0 Å². The van der Waals surface area contributed by atoms with Gasteiger partial charge in [-0.3, -0.25) is 4.79 Å². The fourth-order valence-corrected chi connectivity index (χ4v) is 3.39. The molecule has 2 aliphatic rings. The summed E-state index contributed by atoms with van der Waals surface area (Å²) >= 11 is 1.79. The van der Waals surface area contributed by atoms with E-state index in [4.69, 9.17) is 0 Å². The SMILES string of the molecule is O=C1C=CSCC1CC1CCCCC1. The van der Waals surface area contributed by atoms with Gasteiger partial charge in [0.05, 0.1) is 0 Å². The molecule has 0 aromatic rings. The first-order chi connectivity index (χ1) is 6.86. The predicted octanol–water partition coefficient (Wildman–Crippen LogP) is 3.40. The Labute approximate surface area is 90.3 Å². The summed E-state index contributed by atoms with van der Waals surface area (Å²) in [6.45, 7) is 0. The van der Waals surface area contributed by atoms with Crippen LogP contribution < -0.4 is 0 Å². The molecule has 2 heteroatoms. The molecule has 1 nitrogen and oxygen atoms in total. The summed E-state index contributed by atoms with van der Waals surface area (Å²) in [5.74, 6) is 2.55. The highest BCUT2D eigenvalue weighted by Gasteiger charge is 2.24. The lowest BCUT2D eigenvalue weighted by atomic mass is 9.82. The number of carbonyl (C=O) groups is 1. The Morgan fingerprint density at radius 2 is 2.07 bits per heavy atom. The fraction of sp³-hybridized carbons (Fsp3) is 0.750. The maximum atomic E-state index is 11.6. The third-order valence-corrected chi connectivity index (χ3v) is 4.29. The van der Waals surface area contributed by atoms with E-state index in [1.165, 1.54) is 32.1 Å². The number of hydrogen-bond acceptors (Lipinski definition) is 2. The van der Waals surface area contributed by atoms with E-state index in [1.54, 1.807) is 17.8 Å². The van der Waals surface area contributed by atoms with Crippen molar-refractivity contribution in [2.24, 2.45) is 11.8 Å². The van der Waals surface area contributed by atoms with Crippen molar-refractivity contribution >= 4 is 17.5 Å². The number of allylic oxidation sites excluding steroid dienone is 1. The van der Waals surface area contributed by atoms with Crippen LogP contribution in [-0.4, -0.2) is 11.5 Å². The third-order valence-electron chi connectivity index (χ3n) is 3.37. The van der Waals surface area contributed by atoms with Crippen molar-refractivity contribution in [3.63, 3.8) is 0 Å². The smallest absolute Gasteiger partial charge is 0.160 e. The summed E-state index contributed by atoms with van der Waals surface area (Å²) in [4.78, 5) is 11.6. The molecule has 0 radical (unpaired) electrons. The van der Waals surface area contributed by atoms with Crippen LogP contribution in [0, 0.1) is 11.8 Å². The number of hydrogen-bond donors (Lipinski definition) is 0. The molecule has 14 heavy (non-hydrogen) atoms. The summed E-state index contributed by atoms with van der Waals surface area (Å²) in [5.41, 5.74) is 0. The zero-order valence-corrected chi connectivity index (χ0v) is 9.39. The molecule has 1 aliphatic heterocycles. The van der Waals surface area contributed by atoms with Crippen LogP contribution in [0.4, 0.5) is 0 Å². The third kappa shape index (κ3) is 2.63. The molecule has 0 saturated heterocycles. The number of ketones is 1. The maximum Gasteiger partial charge on any atom is 0.160 e. The second-order valence-corrected chi connectivity index (χ2v) is 5.41. The van der Waals surface area contributed by atoms with E-state index in [2.05, 4.69) is 0 Å². The van der Waals surface area contributed by atoms with Gasteiger partial charge in [-0.1, -0.05) is 32.1 Å². The zero-order chi connectivity index (χ0) is 9.80. The Morgan fingerprint density at radius 1 is 1.29 bits per heavy atom. The van der Waals surface area contributed by atoms with Crippen molar-refractivity contribution < 1.29 is 4.79 Å². The first-order valence-corrected chi connectivity index (χ1v) is 6.73. The minimum Gasteiger partial charge on any atom is -0.294 e. The molecule has 1 fully saturated rings. The van der Waals surface area contributed by atoms with Crippen molar-refractivity contribution in [1.82, 2.24) is 0 Å². The van der Waals surface area contributed by atoms with Crippen LogP contribution in [0.15, 0.2) is 11.5 Å². The second kappa shape index (κ2) is 5.01. The maximum absolute atomic E-state index is 11.6. The van der Waals surface area contributed by atoms with Gasteiger partial charge in [-0.2, -0.15) is 0 Å². The molecule has 1 unspecified atom stereocenters. The van der Waals surface area contributed by atoms with Crippen molar-refractivity contribution in [2.45, 2.75) is 38.5 Å². The van der Waals surface area contributed by atoms with E-state index in [-0.39, 0.29) is 0 Å². The monoisotopic (exact) mass is 210 g/mol. The molecule has 78 valence electrons. The highest BCUT2D eigenvalue weighted by molar-refractivity contribution is 8.02. The summed E-state index contributed by atoms with van der Waals surface area (Å²) in [5, 5.41) is 1.94. The van der Waals surface area contributed by atoms with Gasteiger partial charge in [0.25, 0.3) is 0 Å². The first-order valence-electron chi connectivity index (χ1n) is 5.68. The quantitative estimate of drug-likeness (QED) is 0.695. The predicted molar refractivity (Wildman–Crippen MR) is 61.3 cm³/mol. The van der Waals surface area contributed by atoms with Gasteiger partial charge >= 0.3 is 0 Å². The summed E-state index contributed by atoms with van der Waals surface area (Å²) in [6, 6.07) is 0. The molecule has 1 atom stereocenters. The van der Waals surface area contributed by atoms with Crippen LogP contribution in [-0.2, 0) is 4.79 Å². The van der Waals surface area contributed by atoms with Gasteiger partial charge in [-0.05, 0) is 23.8 Å². The van der Waals surface area contributed by atoms with Gasteiger partial charge in [-0.15, -0.1) is 11.8 Å². The van der Waals surface area contributed by atoms with E-state index >= 15 is 0 Å². The van der Waals surface area contributed by atoms with E-state index in [1.807, 2.05) is 5.41 Å². The highest BCUT2D eigenvalue weighted by Crippen LogP contribution is 2.32. The van der Waals surface area contributed by atoms with Gasteiger partial charge in [0, 0.05) is 11.7 Å². The molecule has 1 heterocycles. The zero-order valence-electron chi connectivity index (χ0n) is 8.58. The summed E-state index contributed by atoms with van der Waals surface area (Å²) in [7, 11) is 0. The van der Waals surface area contributed by atoms with Crippen LogP contribution in [0.3, 0.4) is 0 Å². The Hall–Kier alpha value is -0.240. The van der Waals surface area contributed by atoms with Crippen molar-refractivity contribution in [3.05, 3.63) is 11.5 Å². The van der Waals surface area contributed by atoms with Crippen LogP contribution in [0.25, 0.3) is 0 Å². The Morgan fingerprint density at radius 3 is 2.79 bits per heavy atom. The minimum atomic E-state index is 0.327. The molecular formula is C12H18OS.